The molecule has 0 amide bonds. The van der Waals surface area contributed by atoms with Gasteiger partial charge in [0.1, 0.15) is 11.3 Å². The van der Waals surface area contributed by atoms with Crippen LogP contribution in [-0.2, 0) is 20.2 Å². The number of halogens is 2. The van der Waals surface area contributed by atoms with E-state index in [0.717, 1.165) is 0 Å². The van der Waals surface area contributed by atoms with E-state index in [0.29, 0.717) is 25.9 Å². The van der Waals surface area contributed by atoms with E-state index in [4.69, 9.17) is 9.47 Å². The zero-order chi connectivity index (χ0) is 19.1. The van der Waals surface area contributed by atoms with E-state index in [-0.39, 0.29) is 35.8 Å². The summed E-state index contributed by atoms with van der Waals surface area (Å²) in [7, 11) is 0. The van der Waals surface area contributed by atoms with E-state index >= 15 is 0 Å². The number of rotatable bonds is 3. The Kier molecular flexibility index (Phi) is 4.79. The number of carbonyl (C=O) groups is 2. The number of esters is 2. The van der Waals surface area contributed by atoms with Crippen LogP contribution in [0.3, 0.4) is 0 Å². The molecule has 3 unspecified atom stereocenters. The molecule has 3 rings (SSSR count). The molecular weight excluding hydrogens is 346 g/mol. The van der Waals surface area contributed by atoms with E-state index in [1.165, 1.54) is 10.9 Å². The van der Waals surface area contributed by atoms with Crippen molar-refractivity contribution in [2.24, 2.45) is 11.3 Å². The van der Waals surface area contributed by atoms with Crippen molar-refractivity contribution < 1.29 is 27.8 Å². The number of fused-ring (bicyclic) bond motifs is 1. The second kappa shape index (κ2) is 6.63. The first-order chi connectivity index (χ1) is 12.2. The van der Waals surface area contributed by atoms with Gasteiger partial charge in [-0.3, -0.25) is 9.48 Å². The largest absolute Gasteiger partial charge is 0.466 e. The SMILES string of the molecule is CCOC(=O)C1(C)CCC(n2ncc3c2C(F)(F)CCOC3=O)CC1C. The lowest BCUT2D eigenvalue weighted by Gasteiger charge is -2.41. The minimum atomic E-state index is -3.18. The van der Waals surface area contributed by atoms with Crippen LogP contribution < -0.4 is 0 Å². The summed E-state index contributed by atoms with van der Waals surface area (Å²) in [5.41, 5.74) is -1.17. The second-order valence-corrected chi connectivity index (χ2v) is 7.41. The van der Waals surface area contributed by atoms with Gasteiger partial charge in [-0.05, 0) is 39.0 Å². The van der Waals surface area contributed by atoms with Crippen LogP contribution in [0, 0.1) is 11.3 Å². The molecule has 1 fully saturated rings. The van der Waals surface area contributed by atoms with Crippen molar-refractivity contribution in [3.05, 3.63) is 17.5 Å². The average Bonchev–Trinajstić information content (AvgIpc) is 2.99. The zero-order valence-electron chi connectivity index (χ0n) is 15.3. The van der Waals surface area contributed by atoms with E-state index in [9.17, 15) is 18.4 Å². The quantitative estimate of drug-likeness (QED) is 0.762. The Hall–Kier alpha value is -1.99. The van der Waals surface area contributed by atoms with Gasteiger partial charge in [0.15, 0.2) is 0 Å². The third-order valence-electron chi connectivity index (χ3n) is 5.81. The molecule has 0 radical (unpaired) electrons. The standard InChI is InChI=1S/C18H24F2N2O4/c1-4-25-16(24)17(3)6-5-12(9-11(17)2)22-14-13(10-21-22)15(23)26-8-7-18(14,19)20/h10-12H,4-9H2,1-3H3. The van der Waals surface area contributed by atoms with Crippen LogP contribution >= 0.6 is 0 Å². The van der Waals surface area contributed by atoms with Crippen LogP contribution in [0.2, 0.25) is 0 Å². The molecule has 0 bridgehead atoms. The summed E-state index contributed by atoms with van der Waals surface area (Å²) >= 11 is 0. The molecular formula is C18H24F2N2O4. The van der Waals surface area contributed by atoms with E-state index in [1.807, 2.05) is 13.8 Å². The summed E-state index contributed by atoms with van der Waals surface area (Å²) in [4.78, 5) is 24.3. The highest BCUT2D eigenvalue weighted by Crippen LogP contribution is 2.47. The summed E-state index contributed by atoms with van der Waals surface area (Å²) in [5, 5.41) is 4.09. The van der Waals surface area contributed by atoms with Crippen LogP contribution in [0.1, 0.15) is 68.5 Å². The molecule has 8 heteroatoms. The first-order valence-corrected chi connectivity index (χ1v) is 9.01. The van der Waals surface area contributed by atoms with Crippen LogP contribution in [0.25, 0.3) is 0 Å². The molecule has 2 heterocycles. The molecule has 0 spiro atoms. The van der Waals surface area contributed by atoms with Gasteiger partial charge in [-0.25, -0.2) is 4.79 Å². The maximum absolute atomic E-state index is 14.6. The smallest absolute Gasteiger partial charge is 0.341 e. The molecule has 1 aliphatic carbocycles. The van der Waals surface area contributed by atoms with E-state index < -0.39 is 23.7 Å². The highest BCUT2D eigenvalue weighted by atomic mass is 19.3. The fourth-order valence-corrected chi connectivity index (χ4v) is 3.94. The molecule has 144 valence electrons. The van der Waals surface area contributed by atoms with Crippen molar-refractivity contribution in [3.8, 4) is 0 Å². The second-order valence-electron chi connectivity index (χ2n) is 7.41. The van der Waals surface area contributed by atoms with Gasteiger partial charge in [0.2, 0.25) is 0 Å². The molecule has 3 atom stereocenters. The van der Waals surface area contributed by atoms with Gasteiger partial charge < -0.3 is 9.47 Å². The Morgan fingerprint density at radius 1 is 1.46 bits per heavy atom. The van der Waals surface area contributed by atoms with Crippen molar-refractivity contribution >= 4 is 11.9 Å². The van der Waals surface area contributed by atoms with Crippen LogP contribution in [0.5, 0.6) is 0 Å². The lowest BCUT2D eigenvalue weighted by atomic mass is 9.67. The van der Waals surface area contributed by atoms with Crippen molar-refractivity contribution in [1.82, 2.24) is 9.78 Å². The number of ether oxygens (including phenoxy) is 2. The van der Waals surface area contributed by atoms with Gasteiger partial charge in [0.05, 0.1) is 37.3 Å². The molecule has 6 nitrogen and oxygen atoms in total. The maximum atomic E-state index is 14.6. The molecule has 2 aliphatic rings. The number of aromatic nitrogens is 2. The molecule has 1 aromatic rings. The Balaban J connectivity index is 1.89. The number of hydrogen-bond acceptors (Lipinski definition) is 5. The first-order valence-electron chi connectivity index (χ1n) is 9.01. The Labute approximate surface area is 150 Å². The van der Waals surface area contributed by atoms with Gasteiger partial charge in [-0.1, -0.05) is 6.92 Å². The monoisotopic (exact) mass is 370 g/mol. The van der Waals surface area contributed by atoms with E-state index in [2.05, 4.69) is 5.10 Å². The number of carbonyl (C=O) groups excluding carboxylic acids is 2. The third-order valence-corrected chi connectivity index (χ3v) is 5.81. The molecule has 0 N–H and O–H groups in total. The van der Waals surface area contributed by atoms with Crippen molar-refractivity contribution in [3.63, 3.8) is 0 Å². The minimum Gasteiger partial charge on any atom is -0.466 e. The summed E-state index contributed by atoms with van der Waals surface area (Å²) in [6, 6.07) is -0.298. The lowest BCUT2D eigenvalue weighted by Crippen LogP contribution is -2.41. The highest BCUT2D eigenvalue weighted by molar-refractivity contribution is 5.91. The molecule has 1 aromatic heterocycles. The third kappa shape index (κ3) is 2.99. The van der Waals surface area contributed by atoms with Gasteiger partial charge in [-0.15, -0.1) is 0 Å². The van der Waals surface area contributed by atoms with Gasteiger partial charge in [-0.2, -0.15) is 13.9 Å². The minimum absolute atomic E-state index is 0.0634. The average molecular weight is 370 g/mol. The van der Waals surface area contributed by atoms with Gasteiger partial charge >= 0.3 is 11.9 Å². The topological polar surface area (TPSA) is 70.4 Å². The number of cyclic esters (lactones) is 1. The molecule has 0 aromatic carbocycles. The lowest BCUT2D eigenvalue weighted by molar-refractivity contribution is -0.160. The molecule has 1 aliphatic heterocycles. The summed E-state index contributed by atoms with van der Waals surface area (Å²) in [6.07, 6.45) is 2.15. The summed E-state index contributed by atoms with van der Waals surface area (Å²) in [6.45, 7) is 5.55. The molecule has 0 saturated heterocycles. The summed E-state index contributed by atoms with van der Waals surface area (Å²) in [5.74, 6) is -4.25. The van der Waals surface area contributed by atoms with Crippen LogP contribution in [-0.4, -0.2) is 34.9 Å². The first kappa shape index (κ1) is 18.8. The number of nitrogens with zero attached hydrogens (tertiary/aromatic N) is 2. The van der Waals surface area contributed by atoms with Crippen LogP contribution in [0.15, 0.2) is 6.20 Å². The zero-order valence-corrected chi connectivity index (χ0v) is 15.3. The molecule has 1 saturated carbocycles. The maximum Gasteiger partial charge on any atom is 0.341 e. The van der Waals surface area contributed by atoms with Gasteiger partial charge in [0, 0.05) is 0 Å². The Morgan fingerprint density at radius 2 is 2.19 bits per heavy atom. The molecule has 26 heavy (non-hydrogen) atoms. The van der Waals surface area contributed by atoms with Gasteiger partial charge in [0.25, 0.3) is 5.92 Å². The van der Waals surface area contributed by atoms with Crippen LogP contribution in [0.4, 0.5) is 8.78 Å². The van der Waals surface area contributed by atoms with Crippen molar-refractivity contribution in [2.45, 2.75) is 58.4 Å². The highest BCUT2D eigenvalue weighted by Gasteiger charge is 2.48. The van der Waals surface area contributed by atoms with Crippen molar-refractivity contribution in [2.75, 3.05) is 13.2 Å². The predicted octanol–water partition coefficient (Wildman–Crippen LogP) is 3.47. The summed E-state index contributed by atoms with van der Waals surface area (Å²) < 4.78 is 40.5. The fourth-order valence-electron chi connectivity index (χ4n) is 3.94. The van der Waals surface area contributed by atoms with Crippen molar-refractivity contribution in [1.29, 1.82) is 0 Å². The Bertz CT molecular complexity index is 718. The number of alkyl halides is 2. The number of hydrogen-bond donors (Lipinski definition) is 0. The Morgan fingerprint density at radius 3 is 2.85 bits per heavy atom. The fraction of sp³-hybridized carbons (Fsp3) is 0.722. The normalized spacial score (nSPS) is 30.9. The van der Waals surface area contributed by atoms with E-state index in [1.54, 1.807) is 6.92 Å². The predicted molar refractivity (Wildman–Crippen MR) is 87.8 cm³/mol.